The molecule has 1 aliphatic heterocycles. The maximum atomic E-state index is 11.7. The van der Waals surface area contributed by atoms with Gasteiger partial charge in [-0.15, -0.1) is 12.4 Å². The molecular formula is C12H16Cl2N4O. The largest absolute Gasteiger partial charge is 0.314 e. The van der Waals surface area contributed by atoms with Crippen LogP contribution in [0.3, 0.4) is 0 Å². The molecule has 0 spiro atoms. The topological polar surface area (TPSA) is 62.2 Å². The number of hydrogen-bond donors (Lipinski definition) is 2. The quantitative estimate of drug-likeness (QED) is 0.846. The number of nitrogens with zero attached hydrogens (tertiary/aromatic N) is 2. The Bertz CT molecular complexity index is 636. The normalized spacial score (nSPS) is 23.3. The molecule has 2 N–H and O–H groups in total. The highest BCUT2D eigenvalue weighted by Crippen LogP contribution is 2.27. The van der Waals surface area contributed by atoms with E-state index in [0.29, 0.717) is 22.6 Å². The monoisotopic (exact) mass is 302 g/mol. The van der Waals surface area contributed by atoms with Crippen LogP contribution in [0.2, 0.25) is 5.02 Å². The van der Waals surface area contributed by atoms with Crippen LogP contribution in [0.1, 0.15) is 31.4 Å². The number of piperidine rings is 1. The number of rotatable bonds is 1. The van der Waals surface area contributed by atoms with E-state index >= 15 is 0 Å². The molecule has 3 heterocycles. The summed E-state index contributed by atoms with van der Waals surface area (Å²) < 4.78 is 1.76. The summed E-state index contributed by atoms with van der Waals surface area (Å²) in [7, 11) is 0. The Morgan fingerprint density at radius 1 is 1.53 bits per heavy atom. The molecule has 5 nitrogen and oxygen atoms in total. The van der Waals surface area contributed by atoms with Gasteiger partial charge in [0.25, 0.3) is 5.56 Å². The lowest BCUT2D eigenvalue weighted by molar-refractivity contribution is 0.372. The van der Waals surface area contributed by atoms with Gasteiger partial charge in [-0.2, -0.15) is 5.10 Å². The van der Waals surface area contributed by atoms with Gasteiger partial charge in [-0.3, -0.25) is 4.79 Å². The predicted octanol–water partition coefficient (Wildman–Crippen LogP) is 1.95. The van der Waals surface area contributed by atoms with E-state index in [2.05, 4.69) is 22.3 Å². The van der Waals surface area contributed by atoms with Crippen molar-refractivity contribution in [3.63, 3.8) is 0 Å². The van der Waals surface area contributed by atoms with Gasteiger partial charge >= 0.3 is 0 Å². The number of nitrogens with one attached hydrogen (secondary N) is 2. The standard InChI is InChI=1S/C12H15ClN4O.ClH/c1-7-4-8(2-3-14-7)10-5-11(18)16-12-9(13)6-15-17(10)12;/h5-8,14H,2-4H2,1H3,(H,16,18);1H/t7-,8+;/m0./s1. The molecule has 7 heteroatoms. The SMILES string of the molecule is C[C@H]1C[C@H](c2cc(=O)[nH]c3c(Cl)cnn23)CCN1.Cl. The van der Waals surface area contributed by atoms with Gasteiger partial charge in [0.1, 0.15) is 5.02 Å². The molecule has 2 aromatic rings. The fourth-order valence-corrected chi connectivity index (χ4v) is 2.85. The number of aromatic amines is 1. The summed E-state index contributed by atoms with van der Waals surface area (Å²) in [4.78, 5) is 14.4. The van der Waals surface area contributed by atoms with E-state index in [-0.39, 0.29) is 18.0 Å². The molecule has 104 valence electrons. The summed E-state index contributed by atoms with van der Waals surface area (Å²) in [6.45, 7) is 3.13. The first-order valence-corrected chi connectivity index (χ1v) is 6.53. The maximum absolute atomic E-state index is 11.7. The highest BCUT2D eigenvalue weighted by atomic mass is 35.5. The summed E-state index contributed by atoms with van der Waals surface area (Å²) in [5, 5.41) is 8.14. The molecule has 2 aromatic heterocycles. The molecule has 0 unspecified atom stereocenters. The molecule has 1 fully saturated rings. The summed E-state index contributed by atoms with van der Waals surface area (Å²) >= 11 is 6.02. The maximum Gasteiger partial charge on any atom is 0.251 e. The van der Waals surface area contributed by atoms with Crippen molar-refractivity contribution in [2.75, 3.05) is 6.54 Å². The van der Waals surface area contributed by atoms with Gasteiger partial charge in [-0.1, -0.05) is 11.6 Å². The first-order valence-electron chi connectivity index (χ1n) is 6.15. The Morgan fingerprint density at radius 3 is 3.05 bits per heavy atom. The molecule has 0 aliphatic carbocycles. The Balaban J connectivity index is 0.00000133. The fraction of sp³-hybridized carbons (Fsp3) is 0.500. The van der Waals surface area contributed by atoms with Gasteiger partial charge in [0, 0.05) is 18.0 Å². The molecule has 0 saturated carbocycles. The average molecular weight is 303 g/mol. The number of hydrogen-bond acceptors (Lipinski definition) is 3. The van der Waals surface area contributed by atoms with Crippen LogP contribution >= 0.6 is 24.0 Å². The molecule has 0 bridgehead atoms. The zero-order valence-electron chi connectivity index (χ0n) is 10.5. The van der Waals surface area contributed by atoms with E-state index in [1.807, 2.05) is 0 Å². The van der Waals surface area contributed by atoms with Gasteiger partial charge in [0.05, 0.1) is 11.9 Å². The van der Waals surface area contributed by atoms with Crippen molar-refractivity contribution in [3.05, 3.63) is 33.3 Å². The number of fused-ring (bicyclic) bond motifs is 1. The average Bonchev–Trinajstić information content (AvgIpc) is 2.70. The third-order valence-corrected chi connectivity index (χ3v) is 3.81. The van der Waals surface area contributed by atoms with Gasteiger partial charge in [-0.05, 0) is 26.3 Å². The van der Waals surface area contributed by atoms with Gasteiger partial charge in [-0.25, -0.2) is 4.52 Å². The minimum Gasteiger partial charge on any atom is -0.314 e. The van der Waals surface area contributed by atoms with Crippen LogP contribution in [0.25, 0.3) is 5.65 Å². The van der Waals surface area contributed by atoms with Crippen LogP contribution in [0.15, 0.2) is 17.1 Å². The second kappa shape index (κ2) is 5.53. The smallest absolute Gasteiger partial charge is 0.251 e. The summed E-state index contributed by atoms with van der Waals surface area (Å²) in [5.41, 5.74) is 1.42. The lowest BCUT2D eigenvalue weighted by Gasteiger charge is -2.28. The van der Waals surface area contributed by atoms with Gasteiger partial charge in [0.15, 0.2) is 5.65 Å². The van der Waals surface area contributed by atoms with Crippen molar-refractivity contribution in [1.29, 1.82) is 0 Å². The number of aromatic nitrogens is 3. The van der Waals surface area contributed by atoms with Gasteiger partial charge in [0.2, 0.25) is 0 Å². The van der Waals surface area contributed by atoms with E-state index in [0.717, 1.165) is 25.1 Å². The third-order valence-electron chi connectivity index (χ3n) is 3.53. The summed E-state index contributed by atoms with van der Waals surface area (Å²) in [6, 6.07) is 2.10. The number of halogens is 2. The highest BCUT2D eigenvalue weighted by molar-refractivity contribution is 6.33. The van der Waals surface area contributed by atoms with Crippen LogP contribution in [-0.4, -0.2) is 27.2 Å². The van der Waals surface area contributed by atoms with Crippen molar-refractivity contribution in [2.24, 2.45) is 0 Å². The molecule has 1 aliphatic rings. The summed E-state index contributed by atoms with van der Waals surface area (Å²) in [6.07, 6.45) is 3.59. The fourth-order valence-electron chi connectivity index (χ4n) is 2.68. The first kappa shape index (κ1) is 14.4. The Morgan fingerprint density at radius 2 is 2.32 bits per heavy atom. The van der Waals surface area contributed by atoms with Crippen LogP contribution in [0.4, 0.5) is 0 Å². The van der Waals surface area contributed by atoms with Crippen molar-refractivity contribution in [1.82, 2.24) is 19.9 Å². The van der Waals surface area contributed by atoms with Gasteiger partial charge < -0.3 is 10.3 Å². The van der Waals surface area contributed by atoms with Crippen molar-refractivity contribution in [2.45, 2.75) is 31.7 Å². The molecule has 2 atom stereocenters. The van der Waals surface area contributed by atoms with Crippen LogP contribution in [0.5, 0.6) is 0 Å². The zero-order valence-corrected chi connectivity index (χ0v) is 12.1. The molecule has 0 aromatic carbocycles. The lowest BCUT2D eigenvalue weighted by Crippen LogP contribution is -2.35. The Kier molecular flexibility index (Phi) is 4.18. The molecule has 0 radical (unpaired) electrons. The van der Waals surface area contributed by atoms with Crippen LogP contribution in [0, 0.1) is 0 Å². The Hall–Kier alpha value is -1.04. The van der Waals surface area contributed by atoms with Crippen LogP contribution < -0.4 is 10.9 Å². The van der Waals surface area contributed by atoms with Crippen molar-refractivity contribution in [3.8, 4) is 0 Å². The Labute approximate surface area is 121 Å². The molecule has 19 heavy (non-hydrogen) atoms. The van der Waals surface area contributed by atoms with Crippen LogP contribution in [-0.2, 0) is 0 Å². The number of H-pyrrole nitrogens is 1. The molecular weight excluding hydrogens is 287 g/mol. The van der Waals surface area contributed by atoms with E-state index in [1.165, 1.54) is 0 Å². The minimum absolute atomic E-state index is 0. The second-order valence-electron chi connectivity index (χ2n) is 4.89. The predicted molar refractivity (Wildman–Crippen MR) is 77.5 cm³/mol. The van der Waals surface area contributed by atoms with E-state index in [1.54, 1.807) is 16.8 Å². The molecule has 1 saturated heterocycles. The lowest BCUT2D eigenvalue weighted by atomic mass is 9.90. The summed E-state index contributed by atoms with van der Waals surface area (Å²) in [5.74, 6) is 0.349. The van der Waals surface area contributed by atoms with Crippen molar-refractivity contribution < 1.29 is 0 Å². The second-order valence-corrected chi connectivity index (χ2v) is 5.30. The van der Waals surface area contributed by atoms with Crippen molar-refractivity contribution >= 4 is 29.7 Å². The van der Waals surface area contributed by atoms with E-state index in [9.17, 15) is 4.79 Å². The van der Waals surface area contributed by atoms with E-state index in [4.69, 9.17) is 11.6 Å². The first-order chi connectivity index (χ1) is 8.65. The molecule has 3 rings (SSSR count). The molecule has 0 amide bonds. The third kappa shape index (κ3) is 2.63. The van der Waals surface area contributed by atoms with E-state index < -0.39 is 0 Å². The highest BCUT2D eigenvalue weighted by Gasteiger charge is 2.23. The minimum atomic E-state index is -0.119. The zero-order chi connectivity index (χ0) is 12.7.